The number of nitrogens with zero attached hydrogens (tertiary/aromatic N) is 1. The van der Waals surface area contributed by atoms with Gasteiger partial charge in [-0.05, 0) is 37.2 Å². The molecule has 6 heteroatoms. The normalized spacial score (nSPS) is 26.4. The Labute approximate surface area is 127 Å². The third-order valence-electron chi connectivity index (χ3n) is 4.94. The van der Waals surface area contributed by atoms with Crippen LogP contribution in [0.2, 0.25) is 0 Å². The predicted molar refractivity (Wildman–Crippen MR) is 82.3 cm³/mol. The summed E-state index contributed by atoms with van der Waals surface area (Å²) < 4.78 is 29.7. The number of sulfonamides is 1. The van der Waals surface area contributed by atoms with Crippen molar-refractivity contribution in [3.05, 3.63) is 18.0 Å². The lowest BCUT2D eigenvalue weighted by Crippen LogP contribution is -2.30. The molecule has 2 aliphatic carbocycles. The van der Waals surface area contributed by atoms with Gasteiger partial charge in [-0.15, -0.1) is 0 Å². The first-order valence-electron chi connectivity index (χ1n) is 7.91. The second-order valence-corrected chi connectivity index (χ2v) is 8.30. The van der Waals surface area contributed by atoms with Crippen LogP contribution >= 0.6 is 0 Å². The van der Waals surface area contributed by atoms with Crippen molar-refractivity contribution in [2.24, 2.45) is 17.6 Å². The average molecular weight is 311 g/mol. The fraction of sp³-hybridized carbons (Fsp3) is 0.733. The molecular weight excluding hydrogens is 286 g/mol. The Balaban J connectivity index is 1.72. The van der Waals surface area contributed by atoms with Gasteiger partial charge in [-0.3, -0.25) is 0 Å². The predicted octanol–water partition coefficient (Wildman–Crippen LogP) is 2.00. The van der Waals surface area contributed by atoms with Crippen LogP contribution in [0.5, 0.6) is 0 Å². The van der Waals surface area contributed by atoms with Gasteiger partial charge in [0.25, 0.3) is 0 Å². The van der Waals surface area contributed by atoms with Crippen LogP contribution in [0, 0.1) is 11.8 Å². The quantitative estimate of drug-likeness (QED) is 0.843. The van der Waals surface area contributed by atoms with Crippen LogP contribution in [-0.2, 0) is 16.6 Å². The van der Waals surface area contributed by atoms with Gasteiger partial charge in [0.1, 0.15) is 0 Å². The average Bonchev–Trinajstić information content (AvgIpc) is 3.06. The molecule has 1 heterocycles. The van der Waals surface area contributed by atoms with E-state index in [9.17, 15) is 8.42 Å². The van der Waals surface area contributed by atoms with Crippen molar-refractivity contribution < 1.29 is 8.42 Å². The number of aromatic nitrogens is 1. The Morgan fingerprint density at radius 3 is 2.67 bits per heavy atom. The van der Waals surface area contributed by atoms with E-state index in [2.05, 4.69) is 11.6 Å². The van der Waals surface area contributed by atoms with Gasteiger partial charge in [0.2, 0.25) is 10.0 Å². The molecule has 0 aromatic carbocycles. The van der Waals surface area contributed by atoms with Crippen molar-refractivity contribution in [3.63, 3.8) is 0 Å². The lowest BCUT2D eigenvalue weighted by Gasteiger charge is -2.15. The van der Waals surface area contributed by atoms with Crippen LogP contribution in [0.4, 0.5) is 0 Å². The van der Waals surface area contributed by atoms with Crippen LogP contribution in [0.3, 0.4) is 0 Å². The lowest BCUT2D eigenvalue weighted by molar-refractivity contribution is 0.414. The zero-order valence-corrected chi connectivity index (χ0v) is 13.4. The maximum absolute atomic E-state index is 12.5. The van der Waals surface area contributed by atoms with Gasteiger partial charge >= 0.3 is 0 Å². The number of hydrogen-bond donors (Lipinski definition) is 2. The maximum Gasteiger partial charge on any atom is 0.242 e. The second kappa shape index (κ2) is 5.74. The summed E-state index contributed by atoms with van der Waals surface area (Å²) in [5.74, 6) is 1.09. The van der Waals surface area contributed by atoms with Crippen molar-refractivity contribution in [2.75, 3.05) is 6.54 Å². The molecule has 2 atom stereocenters. The monoisotopic (exact) mass is 311 g/mol. The minimum atomic E-state index is -3.42. The van der Waals surface area contributed by atoms with Gasteiger partial charge in [-0.25, -0.2) is 13.1 Å². The molecule has 0 amide bonds. The van der Waals surface area contributed by atoms with E-state index in [1.165, 1.54) is 12.8 Å². The summed E-state index contributed by atoms with van der Waals surface area (Å²) in [6.45, 7) is 3.14. The zero-order chi connectivity index (χ0) is 15.0. The molecule has 5 nitrogen and oxygen atoms in total. The smallest absolute Gasteiger partial charge is 0.242 e. The number of rotatable bonds is 6. The Kier molecular flexibility index (Phi) is 4.12. The third-order valence-corrected chi connectivity index (χ3v) is 6.33. The molecule has 21 heavy (non-hydrogen) atoms. The molecule has 0 aliphatic heterocycles. The number of hydrogen-bond acceptors (Lipinski definition) is 3. The Hall–Kier alpha value is -0.850. The Morgan fingerprint density at radius 1 is 1.33 bits per heavy atom. The van der Waals surface area contributed by atoms with E-state index in [-0.39, 0.29) is 0 Å². The molecule has 2 fully saturated rings. The Morgan fingerprint density at radius 2 is 2.10 bits per heavy atom. The summed E-state index contributed by atoms with van der Waals surface area (Å²) in [6, 6.07) is 2.17. The SMILES string of the molecule is CC1CCCC1CNS(=O)(=O)c1cc(CN)n(C2CC2)c1. The van der Waals surface area contributed by atoms with Crippen molar-refractivity contribution in [3.8, 4) is 0 Å². The highest BCUT2D eigenvalue weighted by Crippen LogP contribution is 2.37. The molecule has 0 saturated heterocycles. The van der Waals surface area contributed by atoms with Gasteiger partial charge in [0, 0.05) is 31.0 Å². The lowest BCUT2D eigenvalue weighted by atomic mass is 9.99. The highest BCUT2D eigenvalue weighted by molar-refractivity contribution is 7.89. The molecule has 3 N–H and O–H groups in total. The molecule has 0 bridgehead atoms. The second-order valence-electron chi connectivity index (χ2n) is 6.53. The molecule has 118 valence electrons. The van der Waals surface area contributed by atoms with Crippen molar-refractivity contribution in [1.82, 2.24) is 9.29 Å². The van der Waals surface area contributed by atoms with E-state index in [1.54, 1.807) is 12.3 Å². The van der Waals surface area contributed by atoms with Gasteiger partial charge < -0.3 is 10.3 Å². The molecule has 0 radical (unpaired) electrons. The van der Waals surface area contributed by atoms with Gasteiger partial charge in [0.15, 0.2) is 0 Å². The summed E-state index contributed by atoms with van der Waals surface area (Å²) in [7, 11) is -3.42. The van der Waals surface area contributed by atoms with E-state index in [0.29, 0.717) is 35.9 Å². The van der Waals surface area contributed by atoms with E-state index >= 15 is 0 Å². The molecule has 2 unspecified atom stereocenters. The fourth-order valence-corrected chi connectivity index (χ4v) is 4.47. The molecule has 0 spiro atoms. The zero-order valence-electron chi connectivity index (χ0n) is 12.6. The molecule has 2 aliphatic rings. The minimum absolute atomic E-state index is 0.362. The van der Waals surface area contributed by atoms with Crippen LogP contribution in [-0.4, -0.2) is 19.5 Å². The summed E-state index contributed by atoms with van der Waals surface area (Å²) >= 11 is 0. The molecule has 3 rings (SSSR count). The van der Waals surface area contributed by atoms with Crippen LogP contribution in [0.1, 0.15) is 50.8 Å². The van der Waals surface area contributed by atoms with Crippen LogP contribution < -0.4 is 10.5 Å². The summed E-state index contributed by atoms with van der Waals surface area (Å²) in [4.78, 5) is 0.362. The van der Waals surface area contributed by atoms with Crippen molar-refractivity contribution >= 4 is 10.0 Å². The molecular formula is C15H25N3O2S. The first-order valence-corrected chi connectivity index (χ1v) is 9.40. The fourth-order valence-electron chi connectivity index (χ4n) is 3.33. The topological polar surface area (TPSA) is 77.1 Å². The highest BCUT2D eigenvalue weighted by Gasteiger charge is 2.29. The first kappa shape index (κ1) is 15.1. The number of nitrogens with two attached hydrogens (primary N) is 1. The number of nitrogens with one attached hydrogen (secondary N) is 1. The largest absolute Gasteiger partial charge is 0.346 e. The summed E-state index contributed by atoms with van der Waals surface area (Å²) in [5, 5.41) is 0. The molecule has 1 aromatic rings. The van der Waals surface area contributed by atoms with Gasteiger partial charge in [-0.1, -0.05) is 19.8 Å². The molecule has 1 aromatic heterocycles. The van der Waals surface area contributed by atoms with E-state index in [0.717, 1.165) is 25.0 Å². The summed E-state index contributed by atoms with van der Waals surface area (Å²) in [5.41, 5.74) is 6.64. The van der Waals surface area contributed by atoms with Gasteiger partial charge in [0.05, 0.1) is 4.90 Å². The van der Waals surface area contributed by atoms with Gasteiger partial charge in [-0.2, -0.15) is 0 Å². The summed E-state index contributed by atoms with van der Waals surface area (Å²) in [6.07, 6.45) is 7.54. The van der Waals surface area contributed by atoms with Crippen molar-refractivity contribution in [2.45, 2.75) is 56.5 Å². The van der Waals surface area contributed by atoms with E-state index in [1.807, 2.05) is 4.57 Å². The Bertz CT molecular complexity index is 604. The van der Waals surface area contributed by atoms with Crippen LogP contribution in [0.25, 0.3) is 0 Å². The van der Waals surface area contributed by atoms with Crippen LogP contribution in [0.15, 0.2) is 17.2 Å². The van der Waals surface area contributed by atoms with E-state index < -0.39 is 10.0 Å². The highest BCUT2D eigenvalue weighted by atomic mass is 32.2. The maximum atomic E-state index is 12.5. The standard InChI is InChI=1S/C15H25N3O2S/c1-11-3-2-4-12(11)9-17-21(19,20)15-7-14(8-16)18(10-15)13-5-6-13/h7,10-13,17H,2-6,8-9,16H2,1H3. The minimum Gasteiger partial charge on any atom is -0.346 e. The van der Waals surface area contributed by atoms with Crippen molar-refractivity contribution in [1.29, 1.82) is 0 Å². The third kappa shape index (κ3) is 3.17. The molecule has 2 saturated carbocycles. The first-order chi connectivity index (χ1) is 10.0. The van der Waals surface area contributed by atoms with E-state index in [4.69, 9.17) is 5.73 Å².